The summed E-state index contributed by atoms with van der Waals surface area (Å²) in [4.78, 5) is 23.2. The zero-order valence-corrected chi connectivity index (χ0v) is 11.1. The number of carbonyl (C=O) groups is 2. The maximum absolute atomic E-state index is 11.6. The van der Waals surface area contributed by atoms with Crippen molar-refractivity contribution in [2.24, 2.45) is 0 Å². The van der Waals surface area contributed by atoms with E-state index in [9.17, 15) is 9.59 Å². The molecule has 1 heterocycles. The maximum Gasteiger partial charge on any atom is 0.350 e. The fourth-order valence-corrected chi connectivity index (χ4v) is 1.37. The van der Waals surface area contributed by atoms with Crippen LogP contribution in [-0.2, 0) is 19.1 Å². The van der Waals surface area contributed by atoms with E-state index in [1.807, 2.05) is 0 Å². The van der Waals surface area contributed by atoms with Crippen LogP contribution in [0.1, 0.15) is 20.8 Å². The molecule has 0 amide bonds. The number of hydrogen-bond donors (Lipinski definition) is 1. The van der Waals surface area contributed by atoms with E-state index in [2.05, 4.69) is 5.32 Å². The van der Waals surface area contributed by atoms with E-state index in [0.29, 0.717) is 5.70 Å². The summed E-state index contributed by atoms with van der Waals surface area (Å²) < 4.78 is 9.84. The molecule has 0 radical (unpaired) electrons. The Morgan fingerprint density at radius 1 is 1.28 bits per heavy atom. The largest absolute Gasteiger partial charge is 0.419 e. The Hall–Kier alpha value is -1.75. The smallest absolute Gasteiger partial charge is 0.350 e. The van der Waals surface area contributed by atoms with Crippen LogP contribution in [-0.4, -0.2) is 17.7 Å². The number of ether oxygens (including phenoxy) is 2. The second kappa shape index (κ2) is 5.73. The van der Waals surface area contributed by atoms with Gasteiger partial charge in [-0.15, -0.1) is 0 Å². The maximum atomic E-state index is 11.6. The van der Waals surface area contributed by atoms with Crippen molar-refractivity contribution in [2.75, 3.05) is 0 Å². The zero-order valence-electron chi connectivity index (χ0n) is 10.3. The molecule has 1 aliphatic heterocycles. The van der Waals surface area contributed by atoms with Crippen molar-refractivity contribution in [1.29, 1.82) is 0 Å². The fraction of sp³-hybridized carbons (Fsp3) is 0.333. The summed E-state index contributed by atoms with van der Waals surface area (Å²) in [6, 6.07) is 0. The van der Waals surface area contributed by atoms with Gasteiger partial charge in [-0.2, -0.15) is 0 Å². The van der Waals surface area contributed by atoms with Crippen LogP contribution in [0.2, 0.25) is 0 Å². The predicted octanol–water partition coefficient (Wildman–Crippen LogP) is 1.95. The van der Waals surface area contributed by atoms with Crippen LogP contribution in [0, 0.1) is 0 Å². The predicted molar refractivity (Wildman–Crippen MR) is 66.2 cm³/mol. The van der Waals surface area contributed by atoms with Gasteiger partial charge in [-0.05, 0) is 13.0 Å². The quantitative estimate of drug-likeness (QED) is 0.368. The molecule has 1 N–H and O–H groups in total. The molecule has 18 heavy (non-hydrogen) atoms. The zero-order chi connectivity index (χ0) is 13.8. The van der Waals surface area contributed by atoms with Crippen molar-refractivity contribution < 1.29 is 19.1 Å². The summed E-state index contributed by atoms with van der Waals surface area (Å²) in [5.74, 6) is -2.71. The van der Waals surface area contributed by atoms with E-state index < -0.39 is 17.7 Å². The molecule has 1 saturated heterocycles. The molecule has 5 nitrogen and oxygen atoms in total. The van der Waals surface area contributed by atoms with Crippen molar-refractivity contribution in [3.63, 3.8) is 0 Å². The minimum atomic E-state index is -1.24. The highest BCUT2D eigenvalue weighted by Gasteiger charge is 2.38. The van der Waals surface area contributed by atoms with Crippen molar-refractivity contribution in [1.82, 2.24) is 5.32 Å². The number of cyclic esters (lactones) is 2. The Morgan fingerprint density at radius 3 is 2.28 bits per heavy atom. The van der Waals surface area contributed by atoms with Crippen molar-refractivity contribution >= 4 is 23.5 Å². The summed E-state index contributed by atoms with van der Waals surface area (Å²) in [6.45, 7) is 4.77. The Balaban J connectivity index is 2.84. The van der Waals surface area contributed by atoms with E-state index in [1.54, 1.807) is 19.1 Å². The van der Waals surface area contributed by atoms with Crippen molar-refractivity contribution in [3.8, 4) is 0 Å². The molecule has 0 aromatic carbocycles. The molecule has 6 heteroatoms. The Morgan fingerprint density at radius 2 is 1.83 bits per heavy atom. The Kier molecular flexibility index (Phi) is 4.55. The van der Waals surface area contributed by atoms with Gasteiger partial charge in [-0.1, -0.05) is 17.7 Å². The molecule has 0 unspecified atom stereocenters. The summed E-state index contributed by atoms with van der Waals surface area (Å²) in [6.07, 6.45) is 4.63. The molecule has 0 aliphatic carbocycles. The third-order valence-electron chi connectivity index (χ3n) is 1.96. The molecule has 1 aliphatic rings. The molecule has 98 valence electrons. The molecular formula is C12H14ClNO4. The Labute approximate surface area is 110 Å². The number of allylic oxidation sites excluding steroid dienone is 2. The number of carbonyl (C=O) groups excluding carboxylic acids is 2. The van der Waals surface area contributed by atoms with Crippen molar-refractivity contribution in [3.05, 3.63) is 35.2 Å². The van der Waals surface area contributed by atoms with Gasteiger partial charge in [0.05, 0.1) is 0 Å². The highest BCUT2D eigenvalue weighted by molar-refractivity contribution is 6.25. The first-order valence-electron chi connectivity index (χ1n) is 5.26. The van der Waals surface area contributed by atoms with E-state index in [0.717, 1.165) is 0 Å². The highest BCUT2D eigenvalue weighted by atomic mass is 35.5. The topological polar surface area (TPSA) is 64.6 Å². The highest BCUT2D eigenvalue weighted by Crippen LogP contribution is 2.22. The number of nitrogens with one attached hydrogen (secondary N) is 1. The van der Waals surface area contributed by atoms with Crippen LogP contribution in [0.25, 0.3) is 0 Å². The first kappa shape index (κ1) is 14.3. The van der Waals surface area contributed by atoms with Gasteiger partial charge in [0.15, 0.2) is 5.57 Å². The SMILES string of the molecule is C/C=C\C(=C/Cl)NC=C1C(=O)OC(C)(C)OC1=O. The third-order valence-corrected chi connectivity index (χ3v) is 2.20. The minimum Gasteiger partial charge on any atom is -0.419 e. The summed E-state index contributed by atoms with van der Waals surface area (Å²) in [5, 5.41) is 2.71. The normalized spacial score (nSPS) is 19.6. The summed E-state index contributed by atoms with van der Waals surface area (Å²) >= 11 is 5.54. The number of halogens is 1. The van der Waals surface area contributed by atoms with Gasteiger partial charge in [0.2, 0.25) is 0 Å². The van der Waals surface area contributed by atoms with Crippen LogP contribution in [0.4, 0.5) is 0 Å². The molecule has 0 saturated carbocycles. The first-order valence-corrected chi connectivity index (χ1v) is 5.69. The number of hydrogen-bond acceptors (Lipinski definition) is 5. The van der Waals surface area contributed by atoms with E-state index >= 15 is 0 Å². The van der Waals surface area contributed by atoms with Crippen LogP contribution < -0.4 is 5.32 Å². The standard InChI is InChI=1S/C12H14ClNO4/c1-4-5-8(6-13)14-7-9-10(15)17-12(2,3)18-11(9)16/h4-7,14H,1-3H3/b5-4-,8-6+. The molecule has 0 atom stereocenters. The van der Waals surface area contributed by atoms with Gasteiger partial charge in [-0.25, -0.2) is 9.59 Å². The fourth-order valence-electron chi connectivity index (χ4n) is 1.23. The van der Waals surface area contributed by atoms with Crippen LogP contribution in [0.15, 0.2) is 35.2 Å². The van der Waals surface area contributed by atoms with Crippen LogP contribution >= 0.6 is 11.6 Å². The van der Waals surface area contributed by atoms with Gasteiger partial charge in [-0.3, -0.25) is 0 Å². The molecule has 1 rings (SSSR count). The second-order valence-electron chi connectivity index (χ2n) is 3.95. The number of esters is 2. The lowest BCUT2D eigenvalue weighted by Gasteiger charge is -2.29. The summed E-state index contributed by atoms with van der Waals surface area (Å²) in [7, 11) is 0. The summed E-state index contributed by atoms with van der Waals surface area (Å²) in [5.41, 5.74) is 1.59. The lowest BCUT2D eigenvalue weighted by atomic mass is 10.2. The molecular weight excluding hydrogens is 258 g/mol. The minimum absolute atomic E-state index is 0.213. The molecule has 1 fully saturated rings. The van der Waals surface area contributed by atoms with Gasteiger partial charge in [0.25, 0.3) is 5.79 Å². The van der Waals surface area contributed by atoms with Gasteiger partial charge in [0.1, 0.15) is 0 Å². The van der Waals surface area contributed by atoms with Crippen molar-refractivity contribution in [2.45, 2.75) is 26.6 Å². The average Bonchev–Trinajstić information content (AvgIpc) is 2.24. The van der Waals surface area contributed by atoms with Crippen LogP contribution in [0.5, 0.6) is 0 Å². The lowest BCUT2D eigenvalue weighted by Crippen LogP contribution is -2.42. The molecule has 0 aromatic rings. The van der Waals surface area contributed by atoms with Gasteiger partial charge in [0, 0.05) is 31.3 Å². The molecule has 0 spiro atoms. The van der Waals surface area contributed by atoms with E-state index in [-0.39, 0.29) is 5.57 Å². The van der Waals surface area contributed by atoms with E-state index in [4.69, 9.17) is 21.1 Å². The molecule has 0 bridgehead atoms. The number of rotatable bonds is 3. The average molecular weight is 272 g/mol. The third kappa shape index (κ3) is 3.63. The van der Waals surface area contributed by atoms with Gasteiger partial charge < -0.3 is 14.8 Å². The first-order chi connectivity index (χ1) is 8.39. The molecule has 0 aromatic heterocycles. The monoisotopic (exact) mass is 271 g/mol. The van der Waals surface area contributed by atoms with Crippen LogP contribution in [0.3, 0.4) is 0 Å². The Bertz CT molecular complexity index is 427. The lowest BCUT2D eigenvalue weighted by molar-refractivity contribution is -0.222. The van der Waals surface area contributed by atoms with E-state index in [1.165, 1.54) is 25.6 Å². The second-order valence-corrected chi connectivity index (χ2v) is 4.16. The van der Waals surface area contributed by atoms with Gasteiger partial charge >= 0.3 is 11.9 Å².